The average molecular weight is 303 g/mol. The number of benzene rings is 2. The highest BCUT2D eigenvalue weighted by Gasteiger charge is 2.05. The summed E-state index contributed by atoms with van der Waals surface area (Å²) in [5.41, 5.74) is 1.68. The Labute approximate surface area is 126 Å². The highest BCUT2D eigenvalue weighted by Crippen LogP contribution is 2.23. The molecule has 21 heavy (non-hydrogen) atoms. The van der Waals surface area contributed by atoms with Crippen LogP contribution in [0.1, 0.15) is 6.42 Å². The average Bonchev–Trinajstić information content (AvgIpc) is 2.81. The van der Waals surface area contributed by atoms with E-state index < -0.39 is 0 Å². The van der Waals surface area contributed by atoms with Gasteiger partial charge in [-0.15, -0.1) is 0 Å². The molecular weight excluding hydrogens is 288 g/mol. The van der Waals surface area contributed by atoms with Crippen LogP contribution in [-0.4, -0.2) is 16.2 Å². The summed E-state index contributed by atoms with van der Waals surface area (Å²) in [5, 5.41) is 0.599. The number of rotatable bonds is 5. The van der Waals surface area contributed by atoms with Gasteiger partial charge >= 0.3 is 5.69 Å². The van der Waals surface area contributed by atoms with E-state index in [-0.39, 0.29) is 5.69 Å². The first-order valence-corrected chi connectivity index (χ1v) is 7.18. The molecule has 4 nitrogen and oxygen atoms in total. The number of hydrogen-bond donors (Lipinski definition) is 1. The molecule has 0 saturated heterocycles. The van der Waals surface area contributed by atoms with E-state index in [2.05, 4.69) is 4.98 Å². The van der Waals surface area contributed by atoms with Crippen molar-refractivity contribution >= 4 is 22.6 Å². The number of halogens is 1. The Morgan fingerprint density at radius 3 is 2.71 bits per heavy atom. The predicted octanol–water partition coefficient (Wildman–Crippen LogP) is 3.45. The lowest BCUT2D eigenvalue weighted by Crippen LogP contribution is -2.18. The molecule has 0 spiro atoms. The first-order valence-electron chi connectivity index (χ1n) is 6.80. The number of imidazole rings is 1. The van der Waals surface area contributed by atoms with E-state index >= 15 is 0 Å². The normalized spacial score (nSPS) is 10.9. The Morgan fingerprint density at radius 2 is 1.86 bits per heavy atom. The second-order valence-electron chi connectivity index (χ2n) is 4.73. The molecule has 0 atom stereocenters. The van der Waals surface area contributed by atoms with Gasteiger partial charge in [0.1, 0.15) is 5.75 Å². The number of ether oxygens (including phenoxy) is 1. The number of aromatic amines is 1. The summed E-state index contributed by atoms with van der Waals surface area (Å²) < 4.78 is 7.36. The van der Waals surface area contributed by atoms with Crippen LogP contribution in [0, 0.1) is 0 Å². The summed E-state index contributed by atoms with van der Waals surface area (Å²) in [6.45, 7) is 1.11. The van der Waals surface area contributed by atoms with Gasteiger partial charge in [-0.3, -0.25) is 4.57 Å². The number of nitrogens with zero attached hydrogens (tertiary/aromatic N) is 1. The van der Waals surface area contributed by atoms with E-state index in [1.54, 1.807) is 10.6 Å². The summed E-state index contributed by atoms with van der Waals surface area (Å²) in [4.78, 5) is 14.7. The third-order valence-electron chi connectivity index (χ3n) is 3.30. The van der Waals surface area contributed by atoms with Gasteiger partial charge in [0.05, 0.1) is 22.7 Å². The monoisotopic (exact) mass is 302 g/mol. The van der Waals surface area contributed by atoms with Crippen LogP contribution in [0.2, 0.25) is 5.02 Å². The van der Waals surface area contributed by atoms with Crippen LogP contribution in [0.3, 0.4) is 0 Å². The molecule has 2 aromatic carbocycles. The molecule has 0 aliphatic rings. The molecule has 1 heterocycles. The minimum Gasteiger partial charge on any atom is -0.492 e. The lowest BCUT2D eigenvalue weighted by molar-refractivity contribution is 0.302. The van der Waals surface area contributed by atoms with Crippen LogP contribution in [0.5, 0.6) is 5.75 Å². The van der Waals surface area contributed by atoms with Gasteiger partial charge in [0, 0.05) is 6.54 Å². The van der Waals surface area contributed by atoms with E-state index in [0.29, 0.717) is 23.9 Å². The standard InChI is InChI=1S/C16H15ClN2O2/c17-12-6-1-4-9-15(12)21-11-5-10-19-14-8-3-2-7-13(14)18-16(19)20/h1-4,6-9H,5,10-11H2,(H,18,20). The molecule has 0 amide bonds. The number of H-pyrrole nitrogens is 1. The van der Waals surface area contributed by atoms with Crippen molar-refractivity contribution in [3.63, 3.8) is 0 Å². The number of aromatic nitrogens is 2. The van der Waals surface area contributed by atoms with Crippen LogP contribution >= 0.6 is 11.6 Å². The van der Waals surface area contributed by atoms with Crippen LogP contribution < -0.4 is 10.4 Å². The summed E-state index contributed by atoms with van der Waals surface area (Å²) in [7, 11) is 0. The van der Waals surface area contributed by atoms with Crippen molar-refractivity contribution in [3.8, 4) is 5.75 Å². The highest BCUT2D eigenvalue weighted by atomic mass is 35.5. The first kappa shape index (κ1) is 13.8. The number of fused-ring (bicyclic) bond motifs is 1. The fraction of sp³-hybridized carbons (Fsp3) is 0.188. The smallest absolute Gasteiger partial charge is 0.326 e. The van der Waals surface area contributed by atoms with Crippen LogP contribution in [0.4, 0.5) is 0 Å². The summed E-state index contributed by atoms with van der Waals surface area (Å²) in [6.07, 6.45) is 0.729. The van der Waals surface area contributed by atoms with E-state index in [9.17, 15) is 4.79 Å². The summed E-state index contributed by atoms with van der Waals surface area (Å²) in [6, 6.07) is 15.0. The number of hydrogen-bond acceptors (Lipinski definition) is 2. The molecule has 108 valence electrons. The molecule has 0 saturated carbocycles. The zero-order chi connectivity index (χ0) is 14.7. The minimum absolute atomic E-state index is 0.0889. The fourth-order valence-corrected chi connectivity index (χ4v) is 2.49. The third kappa shape index (κ3) is 2.95. The Hall–Kier alpha value is -2.20. The second kappa shape index (κ2) is 6.06. The molecule has 1 N–H and O–H groups in total. The quantitative estimate of drug-likeness (QED) is 0.734. The highest BCUT2D eigenvalue weighted by molar-refractivity contribution is 6.32. The van der Waals surface area contributed by atoms with Crippen molar-refractivity contribution in [2.24, 2.45) is 0 Å². The molecule has 0 aliphatic heterocycles. The molecule has 3 aromatic rings. The Morgan fingerprint density at radius 1 is 1.10 bits per heavy atom. The number of para-hydroxylation sites is 3. The topological polar surface area (TPSA) is 47.0 Å². The molecule has 0 unspecified atom stereocenters. The van der Waals surface area contributed by atoms with Crippen molar-refractivity contribution in [2.45, 2.75) is 13.0 Å². The lowest BCUT2D eigenvalue weighted by atomic mass is 10.3. The van der Waals surface area contributed by atoms with Gasteiger partial charge in [-0.1, -0.05) is 35.9 Å². The van der Waals surface area contributed by atoms with Crippen LogP contribution in [-0.2, 0) is 6.54 Å². The van der Waals surface area contributed by atoms with Crippen molar-refractivity contribution in [3.05, 3.63) is 64.0 Å². The fourth-order valence-electron chi connectivity index (χ4n) is 2.30. The first-order chi connectivity index (χ1) is 10.3. The lowest BCUT2D eigenvalue weighted by Gasteiger charge is -2.08. The van der Waals surface area contributed by atoms with E-state index in [0.717, 1.165) is 17.5 Å². The maximum absolute atomic E-state index is 11.9. The van der Waals surface area contributed by atoms with E-state index in [1.807, 2.05) is 42.5 Å². The number of aryl methyl sites for hydroxylation is 1. The molecule has 0 bridgehead atoms. The zero-order valence-corrected chi connectivity index (χ0v) is 12.1. The Balaban J connectivity index is 1.64. The van der Waals surface area contributed by atoms with Gasteiger partial charge in [-0.25, -0.2) is 4.79 Å². The summed E-state index contributed by atoms with van der Waals surface area (Å²) in [5.74, 6) is 0.672. The minimum atomic E-state index is -0.0889. The summed E-state index contributed by atoms with van der Waals surface area (Å²) >= 11 is 6.02. The second-order valence-corrected chi connectivity index (χ2v) is 5.14. The van der Waals surface area contributed by atoms with Gasteiger partial charge < -0.3 is 9.72 Å². The largest absolute Gasteiger partial charge is 0.492 e. The molecule has 0 radical (unpaired) electrons. The molecule has 5 heteroatoms. The maximum Gasteiger partial charge on any atom is 0.326 e. The van der Waals surface area contributed by atoms with Gasteiger partial charge in [0.2, 0.25) is 0 Å². The van der Waals surface area contributed by atoms with Crippen molar-refractivity contribution < 1.29 is 4.74 Å². The molecule has 3 rings (SSSR count). The van der Waals surface area contributed by atoms with Gasteiger partial charge in [-0.05, 0) is 30.7 Å². The SMILES string of the molecule is O=c1[nH]c2ccccc2n1CCCOc1ccccc1Cl. The van der Waals surface area contributed by atoms with Gasteiger partial charge in [0.25, 0.3) is 0 Å². The Kier molecular flexibility index (Phi) is 3.97. The molecule has 0 fully saturated rings. The van der Waals surface area contributed by atoms with E-state index in [1.165, 1.54) is 0 Å². The van der Waals surface area contributed by atoms with Crippen LogP contribution in [0.15, 0.2) is 53.3 Å². The third-order valence-corrected chi connectivity index (χ3v) is 3.61. The maximum atomic E-state index is 11.9. The zero-order valence-electron chi connectivity index (χ0n) is 11.4. The van der Waals surface area contributed by atoms with Crippen molar-refractivity contribution in [1.29, 1.82) is 0 Å². The van der Waals surface area contributed by atoms with Crippen LogP contribution in [0.25, 0.3) is 11.0 Å². The van der Waals surface area contributed by atoms with Crippen molar-refractivity contribution in [2.75, 3.05) is 6.61 Å². The van der Waals surface area contributed by atoms with Gasteiger partial charge in [0.15, 0.2) is 0 Å². The molecular formula is C16H15ClN2O2. The predicted molar refractivity (Wildman–Crippen MR) is 84.1 cm³/mol. The van der Waals surface area contributed by atoms with E-state index in [4.69, 9.17) is 16.3 Å². The molecule has 1 aromatic heterocycles. The van der Waals surface area contributed by atoms with Crippen molar-refractivity contribution in [1.82, 2.24) is 9.55 Å². The Bertz CT molecular complexity index is 807. The number of nitrogens with one attached hydrogen (secondary N) is 1. The molecule has 0 aliphatic carbocycles. The van der Waals surface area contributed by atoms with Gasteiger partial charge in [-0.2, -0.15) is 0 Å².